The first-order valence-electron chi connectivity index (χ1n) is 9.00. The Labute approximate surface area is 163 Å². The van der Waals surface area contributed by atoms with Crippen molar-refractivity contribution in [2.75, 3.05) is 6.54 Å². The van der Waals surface area contributed by atoms with Crippen molar-refractivity contribution in [3.63, 3.8) is 0 Å². The predicted molar refractivity (Wildman–Crippen MR) is 109 cm³/mol. The lowest BCUT2D eigenvalue weighted by atomic mass is 10.1. The van der Waals surface area contributed by atoms with E-state index in [1.807, 2.05) is 29.7 Å². The van der Waals surface area contributed by atoms with E-state index in [0.29, 0.717) is 5.92 Å². The molecule has 0 unspecified atom stereocenters. The van der Waals surface area contributed by atoms with Gasteiger partial charge in [-0.2, -0.15) is 0 Å². The maximum Gasteiger partial charge on any atom is 0.131 e. The summed E-state index contributed by atoms with van der Waals surface area (Å²) < 4.78 is 0. The number of aromatic nitrogens is 2. The molecule has 1 aliphatic heterocycles. The molecular weight excluding hydrogens is 362 g/mol. The summed E-state index contributed by atoms with van der Waals surface area (Å²) in [6, 6.07) is 12.5. The lowest BCUT2D eigenvalue weighted by Crippen LogP contribution is -2.30. The molecule has 134 valence electrons. The Morgan fingerprint density at radius 1 is 1.15 bits per heavy atom. The van der Waals surface area contributed by atoms with Gasteiger partial charge in [0.15, 0.2) is 0 Å². The van der Waals surface area contributed by atoms with Crippen molar-refractivity contribution < 1.29 is 0 Å². The fourth-order valence-electron chi connectivity index (χ4n) is 3.26. The van der Waals surface area contributed by atoms with E-state index in [2.05, 4.69) is 48.0 Å². The van der Waals surface area contributed by atoms with Gasteiger partial charge >= 0.3 is 0 Å². The van der Waals surface area contributed by atoms with Crippen LogP contribution in [-0.2, 0) is 19.5 Å². The molecule has 0 N–H and O–H groups in total. The molecular formula is C21H22ClN3S. The lowest BCUT2D eigenvalue weighted by molar-refractivity contribution is 0.244. The molecule has 0 fully saturated rings. The third-order valence-corrected chi connectivity index (χ3v) is 6.09. The molecule has 3 nitrogen and oxygen atoms in total. The molecule has 0 saturated heterocycles. The molecule has 0 spiro atoms. The summed E-state index contributed by atoms with van der Waals surface area (Å²) in [4.78, 5) is 14.5. The third-order valence-electron chi connectivity index (χ3n) is 4.72. The van der Waals surface area contributed by atoms with E-state index in [4.69, 9.17) is 16.6 Å². The quantitative estimate of drug-likeness (QED) is 0.592. The average molecular weight is 384 g/mol. The van der Waals surface area contributed by atoms with Crippen LogP contribution in [0.25, 0.3) is 10.4 Å². The van der Waals surface area contributed by atoms with Crippen LogP contribution in [0.15, 0.2) is 42.6 Å². The molecule has 0 radical (unpaired) electrons. The molecule has 0 amide bonds. The van der Waals surface area contributed by atoms with E-state index in [9.17, 15) is 0 Å². The van der Waals surface area contributed by atoms with Crippen molar-refractivity contribution in [2.45, 2.75) is 39.3 Å². The highest BCUT2D eigenvalue weighted by Crippen LogP contribution is 2.30. The van der Waals surface area contributed by atoms with Crippen LogP contribution in [0.5, 0.6) is 0 Å². The van der Waals surface area contributed by atoms with Crippen LogP contribution in [0.4, 0.5) is 0 Å². The summed E-state index contributed by atoms with van der Waals surface area (Å²) in [5, 5.41) is 0.778. The molecule has 0 atom stereocenters. The van der Waals surface area contributed by atoms with Gasteiger partial charge in [0.05, 0.1) is 0 Å². The Hall–Kier alpha value is -1.75. The SMILES string of the molecule is CC(C)c1ncc2c(n1)CCN(Cc1ccc(-c3ccc(Cl)cc3)s1)C2. The largest absolute Gasteiger partial charge is 0.293 e. The van der Waals surface area contributed by atoms with Crippen LogP contribution >= 0.6 is 22.9 Å². The van der Waals surface area contributed by atoms with Crippen molar-refractivity contribution in [3.8, 4) is 10.4 Å². The molecule has 1 aromatic carbocycles. The third kappa shape index (κ3) is 3.83. The van der Waals surface area contributed by atoms with Crippen molar-refractivity contribution in [1.29, 1.82) is 0 Å². The summed E-state index contributed by atoms with van der Waals surface area (Å²) in [6.07, 6.45) is 3.03. The number of thiophene rings is 1. The van der Waals surface area contributed by atoms with Crippen LogP contribution in [0.1, 0.15) is 41.7 Å². The lowest BCUT2D eigenvalue weighted by Gasteiger charge is -2.27. The zero-order valence-corrected chi connectivity index (χ0v) is 16.6. The minimum absolute atomic E-state index is 0.385. The minimum atomic E-state index is 0.385. The molecule has 3 aromatic rings. The first kappa shape index (κ1) is 17.7. The molecule has 0 aliphatic carbocycles. The highest BCUT2D eigenvalue weighted by Gasteiger charge is 2.19. The van der Waals surface area contributed by atoms with Crippen LogP contribution in [0.2, 0.25) is 5.02 Å². The second-order valence-corrected chi connectivity index (χ2v) is 8.69. The number of fused-ring (bicyclic) bond motifs is 1. The zero-order chi connectivity index (χ0) is 18.1. The Morgan fingerprint density at radius 3 is 2.73 bits per heavy atom. The predicted octanol–water partition coefficient (Wildman–Crippen LogP) is 5.54. The summed E-state index contributed by atoms with van der Waals surface area (Å²) in [5.41, 5.74) is 3.73. The molecule has 3 heterocycles. The van der Waals surface area contributed by atoms with Gasteiger partial charge in [0.2, 0.25) is 0 Å². The van der Waals surface area contributed by atoms with E-state index in [-0.39, 0.29) is 0 Å². The number of benzene rings is 1. The average Bonchev–Trinajstić information content (AvgIpc) is 3.10. The van der Waals surface area contributed by atoms with E-state index in [1.54, 1.807) is 0 Å². The van der Waals surface area contributed by atoms with Gasteiger partial charge < -0.3 is 0 Å². The van der Waals surface area contributed by atoms with Gasteiger partial charge in [-0.3, -0.25) is 4.90 Å². The molecule has 4 rings (SSSR count). The van der Waals surface area contributed by atoms with Gasteiger partial charge in [-0.15, -0.1) is 11.3 Å². The van der Waals surface area contributed by atoms with Gasteiger partial charge in [-0.1, -0.05) is 37.6 Å². The number of halogens is 1. The highest BCUT2D eigenvalue weighted by molar-refractivity contribution is 7.15. The van der Waals surface area contributed by atoms with Crippen LogP contribution in [-0.4, -0.2) is 21.4 Å². The first-order chi connectivity index (χ1) is 12.6. The Bertz CT molecular complexity index is 902. The van der Waals surface area contributed by atoms with Gasteiger partial charge in [-0.25, -0.2) is 9.97 Å². The zero-order valence-electron chi connectivity index (χ0n) is 15.1. The number of hydrogen-bond acceptors (Lipinski definition) is 4. The summed E-state index contributed by atoms with van der Waals surface area (Å²) >= 11 is 7.85. The van der Waals surface area contributed by atoms with Crippen molar-refractivity contribution in [3.05, 3.63) is 69.6 Å². The normalized spacial score (nSPS) is 14.6. The molecule has 0 bridgehead atoms. The van der Waals surface area contributed by atoms with E-state index in [0.717, 1.165) is 36.9 Å². The first-order valence-corrected chi connectivity index (χ1v) is 10.2. The fourth-order valence-corrected chi connectivity index (χ4v) is 4.44. The summed E-state index contributed by atoms with van der Waals surface area (Å²) in [5.74, 6) is 1.35. The molecule has 0 saturated carbocycles. The summed E-state index contributed by atoms with van der Waals surface area (Å²) in [7, 11) is 0. The maximum atomic E-state index is 5.99. The van der Waals surface area contributed by atoms with E-state index >= 15 is 0 Å². The smallest absolute Gasteiger partial charge is 0.131 e. The van der Waals surface area contributed by atoms with Crippen molar-refractivity contribution >= 4 is 22.9 Å². The van der Waals surface area contributed by atoms with E-state index in [1.165, 1.54) is 26.6 Å². The summed E-state index contributed by atoms with van der Waals surface area (Å²) in [6.45, 7) is 7.25. The van der Waals surface area contributed by atoms with Crippen LogP contribution < -0.4 is 0 Å². The number of rotatable bonds is 4. The monoisotopic (exact) mass is 383 g/mol. The van der Waals surface area contributed by atoms with Crippen molar-refractivity contribution in [1.82, 2.24) is 14.9 Å². The standard InChI is InChI=1S/C21H22ClN3S/c1-14(2)21-23-11-16-12-25(10-9-19(16)24-21)13-18-7-8-20(26-18)15-3-5-17(22)6-4-15/h3-8,11,14H,9-10,12-13H2,1-2H3. The van der Waals surface area contributed by atoms with Crippen LogP contribution in [0.3, 0.4) is 0 Å². The van der Waals surface area contributed by atoms with Gasteiger partial charge in [0.1, 0.15) is 5.82 Å². The molecule has 2 aromatic heterocycles. The fraction of sp³-hybridized carbons (Fsp3) is 0.333. The molecule has 1 aliphatic rings. The van der Waals surface area contributed by atoms with Gasteiger partial charge in [0, 0.05) is 64.2 Å². The second kappa shape index (κ2) is 7.47. The highest BCUT2D eigenvalue weighted by atomic mass is 35.5. The van der Waals surface area contributed by atoms with Crippen LogP contribution in [0, 0.1) is 0 Å². The Morgan fingerprint density at radius 2 is 1.96 bits per heavy atom. The van der Waals surface area contributed by atoms with E-state index < -0.39 is 0 Å². The molecule has 5 heteroatoms. The van der Waals surface area contributed by atoms with Gasteiger partial charge in [-0.05, 0) is 29.8 Å². The second-order valence-electron chi connectivity index (χ2n) is 7.09. The van der Waals surface area contributed by atoms with Gasteiger partial charge in [0.25, 0.3) is 0 Å². The maximum absolute atomic E-state index is 5.99. The minimum Gasteiger partial charge on any atom is -0.293 e. The Kier molecular flexibility index (Phi) is 5.07. The molecule has 26 heavy (non-hydrogen) atoms. The topological polar surface area (TPSA) is 29.0 Å². The van der Waals surface area contributed by atoms with Crippen molar-refractivity contribution in [2.24, 2.45) is 0 Å². The number of nitrogens with zero attached hydrogens (tertiary/aromatic N) is 3. The Balaban J connectivity index is 1.45. The number of hydrogen-bond donors (Lipinski definition) is 0.